The molecule has 0 spiro atoms. The SMILES string of the molecule is O=C(c1ccc(Cl)cc1)N1CCN(C(=O)C2CCCC2O)CC1. The molecule has 2 amide bonds. The van der Waals surface area contributed by atoms with Crippen LogP contribution in [0.1, 0.15) is 29.6 Å². The zero-order valence-corrected chi connectivity index (χ0v) is 13.7. The van der Waals surface area contributed by atoms with E-state index in [0.29, 0.717) is 43.2 Å². The molecule has 3 rings (SSSR count). The van der Waals surface area contributed by atoms with Crippen LogP contribution < -0.4 is 0 Å². The molecular formula is C17H21ClN2O3. The van der Waals surface area contributed by atoms with Crippen molar-refractivity contribution in [1.82, 2.24) is 9.80 Å². The lowest BCUT2D eigenvalue weighted by Gasteiger charge is -2.36. The Labute approximate surface area is 140 Å². The third kappa shape index (κ3) is 3.51. The predicted molar refractivity (Wildman–Crippen MR) is 87.3 cm³/mol. The van der Waals surface area contributed by atoms with Gasteiger partial charge in [0.2, 0.25) is 5.91 Å². The van der Waals surface area contributed by atoms with Crippen molar-refractivity contribution in [2.45, 2.75) is 25.4 Å². The highest BCUT2D eigenvalue weighted by atomic mass is 35.5. The van der Waals surface area contributed by atoms with Crippen molar-refractivity contribution in [3.05, 3.63) is 34.9 Å². The van der Waals surface area contributed by atoms with E-state index in [-0.39, 0.29) is 17.7 Å². The number of carbonyl (C=O) groups is 2. The van der Waals surface area contributed by atoms with Crippen LogP contribution in [-0.4, -0.2) is 59.0 Å². The molecule has 6 heteroatoms. The van der Waals surface area contributed by atoms with Crippen molar-refractivity contribution >= 4 is 23.4 Å². The standard InChI is InChI=1S/C17H21ClN2O3/c18-13-6-4-12(5-7-13)16(22)19-8-10-20(11-9-19)17(23)14-2-1-3-15(14)21/h4-7,14-15,21H,1-3,8-11H2. The van der Waals surface area contributed by atoms with Gasteiger partial charge in [0, 0.05) is 36.8 Å². The molecule has 2 unspecified atom stereocenters. The molecule has 0 aromatic heterocycles. The Morgan fingerprint density at radius 3 is 2.17 bits per heavy atom. The minimum atomic E-state index is -0.503. The van der Waals surface area contributed by atoms with E-state index in [1.54, 1.807) is 34.1 Å². The number of aliphatic hydroxyl groups is 1. The summed E-state index contributed by atoms with van der Waals surface area (Å²) in [6, 6.07) is 6.85. The van der Waals surface area contributed by atoms with E-state index in [9.17, 15) is 14.7 Å². The van der Waals surface area contributed by atoms with Crippen LogP contribution >= 0.6 is 11.6 Å². The molecule has 23 heavy (non-hydrogen) atoms. The van der Waals surface area contributed by atoms with Gasteiger partial charge < -0.3 is 14.9 Å². The first-order valence-corrected chi connectivity index (χ1v) is 8.46. The second kappa shape index (κ2) is 6.89. The molecule has 0 bridgehead atoms. The van der Waals surface area contributed by atoms with Crippen molar-refractivity contribution in [3.63, 3.8) is 0 Å². The van der Waals surface area contributed by atoms with E-state index < -0.39 is 6.10 Å². The number of piperazine rings is 1. The van der Waals surface area contributed by atoms with E-state index >= 15 is 0 Å². The fourth-order valence-corrected chi connectivity index (χ4v) is 3.49. The number of halogens is 1. The normalized spacial score (nSPS) is 24.8. The molecule has 5 nitrogen and oxygen atoms in total. The van der Waals surface area contributed by atoms with Crippen molar-refractivity contribution < 1.29 is 14.7 Å². The summed E-state index contributed by atoms with van der Waals surface area (Å²) >= 11 is 5.84. The first-order valence-electron chi connectivity index (χ1n) is 8.08. The van der Waals surface area contributed by atoms with Crippen molar-refractivity contribution in [2.24, 2.45) is 5.92 Å². The first kappa shape index (κ1) is 16.3. The van der Waals surface area contributed by atoms with Crippen LogP contribution in [0.2, 0.25) is 5.02 Å². The fraction of sp³-hybridized carbons (Fsp3) is 0.529. The van der Waals surface area contributed by atoms with Gasteiger partial charge in [0.05, 0.1) is 12.0 Å². The lowest BCUT2D eigenvalue weighted by Crippen LogP contribution is -2.52. The first-order chi connectivity index (χ1) is 11.1. The lowest BCUT2D eigenvalue weighted by atomic mass is 10.0. The smallest absolute Gasteiger partial charge is 0.253 e. The highest BCUT2D eigenvalue weighted by Gasteiger charge is 2.35. The second-order valence-corrected chi connectivity index (χ2v) is 6.67. The minimum absolute atomic E-state index is 0.0327. The Morgan fingerprint density at radius 2 is 1.61 bits per heavy atom. The number of nitrogens with zero attached hydrogens (tertiary/aromatic N) is 2. The minimum Gasteiger partial charge on any atom is -0.392 e. The Morgan fingerprint density at radius 1 is 1.00 bits per heavy atom. The van der Waals surface area contributed by atoms with Gasteiger partial charge in [0.15, 0.2) is 0 Å². The van der Waals surface area contributed by atoms with Crippen molar-refractivity contribution in [2.75, 3.05) is 26.2 Å². The largest absolute Gasteiger partial charge is 0.392 e. The summed E-state index contributed by atoms with van der Waals surface area (Å²) in [5.41, 5.74) is 0.611. The summed E-state index contributed by atoms with van der Waals surface area (Å²) in [5, 5.41) is 10.5. The lowest BCUT2D eigenvalue weighted by molar-refractivity contribution is -0.139. The van der Waals surface area contributed by atoms with E-state index in [1.165, 1.54) is 0 Å². The summed E-state index contributed by atoms with van der Waals surface area (Å²) in [7, 11) is 0. The molecule has 0 radical (unpaired) electrons. The van der Waals surface area contributed by atoms with E-state index in [0.717, 1.165) is 12.8 Å². The van der Waals surface area contributed by atoms with Crippen LogP contribution in [0.25, 0.3) is 0 Å². The molecule has 2 atom stereocenters. The molecule has 2 aliphatic rings. The zero-order chi connectivity index (χ0) is 16.4. The average Bonchev–Trinajstić information content (AvgIpc) is 3.00. The van der Waals surface area contributed by atoms with Gasteiger partial charge in [-0.05, 0) is 43.5 Å². The summed E-state index contributed by atoms with van der Waals surface area (Å²) in [5.74, 6) is -0.253. The Kier molecular flexibility index (Phi) is 4.87. The average molecular weight is 337 g/mol. The molecular weight excluding hydrogens is 316 g/mol. The maximum atomic E-state index is 12.4. The van der Waals surface area contributed by atoms with Crippen LogP contribution in [-0.2, 0) is 4.79 Å². The van der Waals surface area contributed by atoms with Gasteiger partial charge in [0.1, 0.15) is 0 Å². The quantitative estimate of drug-likeness (QED) is 0.895. The fourth-order valence-electron chi connectivity index (χ4n) is 3.37. The van der Waals surface area contributed by atoms with Crippen LogP contribution in [0.15, 0.2) is 24.3 Å². The maximum absolute atomic E-state index is 12.4. The molecule has 1 aliphatic heterocycles. The molecule has 1 aromatic carbocycles. The number of amides is 2. The zero-order valence-electron chi connectivity index (χ0n) is 12.9. The number of benzene rings is 1. The Bertz CT molecular complexity index is 582. The highest BCUT2D eigenvalue weighted by molar-refractivity contribution is 6.30. The molecule has 1 N–H and O–H groups in total. The van der Waals surface area contributed by atoms with Crippen LogP contribution in [0.5, 0.6) is 0 Å². The van der Waals surface area contributed by atoms with Gasteiger partial charge >= 0.3 is 0 Å². The number of rotatable bonds is 2. The van der Waals surface area contributed by atoms with Crippen LogP contribution in [0, 0.1) is 5.92 Å². The number of aliphatic hydroxyl groups excluding tert-OH is 1. The third-order valence-corrected chi connectivity index (χ3v) is 5.02. The second-order valence-electron chi connectivity index (χ2n) is 6.23. The molecule has 2 fully saturated rings. The topological polar surface area (TPSA) is 60.9 Å². The van der Waals surface area contributed by atoms with Crippen molar-refractivity contribution in [3.8, 4) is 0 Å². The molecule has 1 saturated carbocycles. The highest BCUT2D eigenvalue weighted by Crippen LogP contribution is 2.27. The van der Waals surface area contributed by atoms with Crippen molar-refractivity contribution in [1.29, 1.82) is 0 Å². The summed E-state index contributed by atoms with van der Waals surface area (Å²) in [6.07, 6.45) is 1.89. The summed E-state index contributed by atoms with van der Waals surface area (Å²) < 4.78 is 0. The van der Waals surface area contributed by atoms with Gasteiger partial charge in [0.25, 0.3) is 5.91 Å². The summed E-state index contributed by atoms with van der Waals surface area (Å²) in [6.45, 7) is 2.11. The van der Waals surface area contributed by atoms with Crippen LogP contribution in [0.4, 0.5) is 0 Å². The van der Waals surface area contributed by atoms with Gasteiger partial charge in [-0.3, -0.25) is 9.59 Å². The van der Waals surface area contributed by atoms with Gasteiger partial charge in [-0.1, -0.05) is 11.6 Å². The third-order valence-electron chi connectivity index (χ3n) is 4.77. The molecule has 1 saturated heterocycles. The maximum Gasteiger partial charge on any atom is 0.253 e. The number of hydrogen-bond acceptors (Lipinski definition) is 3. The van der Waals surface area contributed by atoms with E-state index in [2.05, 4.69) is 0 Å². The molecule has 124 valence electrons. The molecule has 1 aromatic rings. The summed E-state index contributed by atoms with van der Waals surface area (Å²) in [4.78, 5) is 28.4. The number of hydrogen-bond donors (Lipinski definition) is 1. The van der Waals surface area contributed by atoms with Gasteiger partial charge in [-0.2, -0.15) is 0 Å². The van der Waals surface area contributed by atoms with E-state index in [4.69, 9.17) is 11.6 Å². The number of carbonyl (C=O) groups excluding carboxylic acids is 2. The molecule has 1 aliphatic carbocycles. The monoisotopic (exact) mass is 336 g/mol. The van der Waals surface area contributed by atoms with E-state index in [1.807, 2.05) is 0 Å². The van der Waals surface area contributed by atoms with Crippen LogP contribution in [0.3, 0.4) is 0 Å². The van der Waals surface area contributed by atoms with Gasteiger partial charge in [-0.15, -0.1) is 0 Å². The Hall–Kier alpha value is -1.59. The molecule has 1 heterocycles. The predicted octanol–water partition coefficient (Wildman–Crippen LogP) is 1.79. The Balaban J connectivity index is 1.56. The van der Waals surface area contributed by atoms with Gasteiger partial charge in [-0.25, -0.2) is 0 Å².